The Labute approximate surface area is 262 Å². The number of nitrogens with one attached hydrogen (secondary N) is 2. The molecule has 0 saturated heterocycles. The van der Waals surface area contributed by atoms with Gasteiger partial charge in [-0.25, -0.2) is 13.1 Å². The number of sulfonamides is 1. The van der Waals surface area contributed by atoms with Gasteiger partial charge < -0.3 is 10.2 Å². The summed E-state index contributed by atoms with van der Waals surface area (Å²) in [5.41, 5.74) is 4.77. The summed E-state index contributed by atoms with van der Waals surface area (Å²) in [5, 5.41) is 4.18. The lowest BCUT2D eigenvalue weighted by molar-refractivity contribution is -0.128. The Morgan fingerprint density at radius 1 is 0.837 bits per heavy atom. The van der Waals surface area contributed by atoms with Crippen molar-refractivity contribution in [2.75, 3.05) is 13.1 Å². The molecular formula is C34H31Cl2N3O3S. The van der Waals surface area contributed by atoms with Crippen LogP contribution in [0.25, 0.3) is 16.7 Å². The molecule has 1 heterocycles. The Bertz CT molecular complexity index is 1780. The molecule has 1 atom stereocenters. The van der Waals surface area contributed by atoms with Crippen LogP contribution >= 0.6 is 23.2 Å². The molecule has 43 heavy (non-hydrogen) atoms. The lowest BCUT2D eigenvalue weighted by Crippen LogP contribution is -2.49. The van der Waals surface area contributed by atoms with Crippen LogP contribution < -0.4 is 10.0 Å². The fourth-order valence-corrected chi connectivity index (χ4v) is 7.16. The maximum atomic E-state index is 14.5. The van der Waals surface area contributed by atoms with Crippen LogP contribution in [0.2, 0.25) is 10.0 Å². The van der Waals surface area contributed by atoms with E-state index in [-0.39, 0.29) is 16.8 Å². The quantitative estimate of drug-likeness (QED) is 0.219. The number of halogens is 2. The van der Waals surface area contributed by atoms with E-state index in [4.69, 9.17) is 23.2 Å². The highest BCUT2D eigenvalue weighted by molar-refractivity contribution is 7.89. The molecule has 1 aliphatic heterocycles. The minimum atomic E-state index is -3.88. The Kier molecular flexibility index (Phi) is 8.71. The molecule has 1 fully saturated rings. The summed E-state index contributed by atoms with van der Waals surface area (Å²) in [4.78, 5) is 16.5. The normalized spacial score (nSPS) is 17.1. The predicted octanol–water partition coefficient (Wildman–Crippen LogP) is 6.56. The molecule has 1 amide bonds. The predicted molar refractivity (Wildman–Crippen MR) is 172 cm³/mol. The van der Waals surface area contributed by atoms with Gasteiger partial charge in [0.1, 0.15) is 0 Å². The van der Waals surface area contributed by atoms with Gasteiger partial charge in [-0.05, 0) is 64.9 Å². The zero-order valence-corrected chi connectivity index (χ0v) is 25.7. The number of amides is 1. The zero-order chi connectivity index (χ0) is 30.0. The lowest BCUT2D eigenvalue weighted by atomic mass is 9.88. The van der Waals surface area contributed by atoms with Gasteiger partial charge >= 0.3 is 0 Å². The third-order valence-corrected chi connectivity index (χ3v) is 10.2. The first-order chi connectivity index (χ1) is 20.8. The van der Waals surface area contributed by atoms with Crippen molar-refractivity contribution in [3.8, 4) is 11.1 Å². The van der Waals surface area contributed by atoms with Crippen molar-refractivity contribution < 1.29 is 13.2 Å². The van der Waals surface area contributed by atoms with Gasteiger partial charge in [-0.1, -0.05) is 102 Å². The van der Waals surface area contributed by atoms with Crippen molar-refractivity contribution in [1.29, 1.82) is 0 Å². The highest BCUT2D eigenvalue weighted by Gasteiger charge is 2.38. The second-order valence-corrected chi connectivity index (χ2v) is 13.3. The number of hydrogen-bond donors (Lipinski definition) is 2. The Morgan fingerprint density at radius 2 is 1.49 bits per heavy atom. The number of benzene rings is 4. The van der Waals surface area contributed by atoms with E-state index < -0.39 is 16.1 Å². The third-order valence-electron chi connectivity index (χ3n) is 7.83. The molecule has 9 heteroatoms. The molecule has 6 nitrogen and oxygen atoms in total. The fraction of sp³-hybridized carbons (Fsp3) is 0.206. The Balaban J connectivity index is 1.45. The summed E-state index contributed by atoms with van der Waals surface area (Å²) in [6, 6.07) is 31.0. The first-order valence-corrected chi connectivity index (χ1v) is 16.5. The Hall–Kier alpha value is -3.46. The van der Waals surface area contributed by atoms with Crippen LogP contribution in [0.15, 0.2) is 114 Å². The standard InChI is InChI=1S/C34H31Cl2N3O3S/c35-30-16-8-13-26(33(30)36)22-39(27-17-18-27)34(40)29-20-37-21-31(38-43(41,42)28-14-5-2-6-15-28)32(29)25-12-7-11-24(19-25)23-9-3-1-4-10-23/h1-16,19,27,31,37-38H,17-18,20-22H2. The fourth-order valence-electron chi connectivity index (χ4n) is 5.55. The largest absolute Gasteiger partial charge is 0.332 e. The highest BCUT2D eigenvalue weighted by Crippen LogP contribution is 2.36. The van der Waals surface area contributed by atoms with Crippen molar-refractivity contribution in [2.24, 2.45) is 0 Å². The molecule has 4 aromatic rings. The van der Waals surface area contributed by atoms with Gasteiger partial charge in [0.2, 0.25) is 10.0 Å². The monoisotopic (exact) mass is 631 g/mol. The molecule has 220 valence electrons. The maximum Gasteiger partial charge on any atom is 0.251 e. The van der Waals surface area contributed by atoms with Crippen LogP contribution in [0.5, 0.6) is 0 Å². The SMILES string of the molecule is O=C(C1=C(c2cccc(-c3ccccc3)c2)C(NS(=O)(=O)c2ccccc2)CNC1)N(Cc1cccc(Cl)c1Cl)C1CC1. The van der Waals surface area contributed by atoms with E-state index in [9.17, 15) is 13.2 Å². The second-order valence-electron chi connectivity index (χ2n) is 10.8. The summed E-state index contributed by atoms with van der Waals surface area (Å²) in [6.07, 6.45) is 1.79. The lowest BCUT2D eigenvalue weighted by Gasteiger charge is -2.33. The van der Waals surface area contributed by atoms with Gasteiger partial charge in [0, 0.05) is 31.2 Å². The summed E-state index contributed by atoms with van der Waals surface area (Å²) < 4.78 is 29.9. The van der Waals surface area contributed by atoms with Crippen LogP contribution in [0.4, 0.5) is 0 Å². The highest BCUT2D eigenvalue weighted by atomic mass is 35.5. The van der Waals surface area contributed by atoms with Crippen LogP contribution in [0.3, 0.4) is 0 Å². The molecule has 2 N–H and O–H groups in total. The molecule has 1 aliphatic carbocycles. The van der Waals surface area contributed by atoms with Crippen molar-refractivity contribution in [3.05, 3.63) is 130 Å². The van der Waals surface area contributed by atoms with E-state index in [0.717, 1.165) is 35.1 Å². The van der Waals surface area contributed by atoms with E-state index >= 15 is 0 Å². The summed E-state index contributed by atoms with van der Waals surface area (Å²) in [7, 11) is -3.88. The molecule has 2 aliphatic rings. The van der Waals surface area contributed by atoms with E-state index in [1.807, 2.05) is 71.6 Å². The number of carbonyl (C=O) groups is 1. The van der Waals surface area contributed by atoms with Crippen LogP contribution in [-0.2, 0) is 21.4 Å². The molecule has 1 saturated carbocycles. The first-order valence-electron chi connectivity index (χ1n) is 14.2. The first kappa shape index (κ1) is 29.6. The van der Waals surface area contributed by atoms with Gasteiger partial charge in [0.25, 0.3) is 5.91 Å². The molecule has 0 aromatic heterocycles. The molecule has 0 radical (unpaired) electrons. The number of nitrogens with zero attached hydrogens (tertiary/aromatic N) is 1. The van der Waals surface area contributed by atoms with Gasteiger partial charge in [-0.15, -0.1) is 0 Å². The van der Waals surface area contributed by atoms with Gasteiger partial charge in [-0.3, -0.25) is 4.79 Å². The molecule has 1 unspecified atom stereocenters. The zero-order valence-electron chi connectivity index (χ0n) is 23.3. The third kappa shape index (κ3) is 6.56. The Morgan fingerprint density at radius 3 is 2.21 bits per heavy atom. The average molecular weight is 633 g/mol. The minimum absolute atomic E-state index is 0.0772. The van der Waals surface area contributed by atoms with Crippen molar-refractivity contribution in [3.63, 3.8) is 0 Å². The van der Waals surface area contributed by atoms with Crippen molar-refractivity contribution >= 4 is 44.7 Å². The van der Waals surface area contributed by atoms with Crippen LogP contribution in [-0.4, -0.2) is 44.4 Å². The molecule has 0 spiro atoms. The number of hydrogen-bond acceptors (Lipinski definition) is 4. The molecule has 4 aromatic carbocycles. The number of carbonyl (C=O) groups excluding carboxylic acids is 1. The average Bonchev–Trinajstić information content (AvgIpc) is 3.88. The van der Waals surface area contributed by atoms with Crippen LogP contribution in [0.1, 0.15) is 24.0 Å². The van der Waals surface area contributed by atoms with Crippen LogP contribution in [0, 0.1) is 0 Å². The topological polar surface area (TPSA) is 78.5 Å². The van der Waals surface area contributed by atoms with E-state index in [1.54, 1.807) is 36.4 Å². The summed E-state index contributed by atoms with van der Waals surface area (Å²) >= 11 is 12.8. The summed E-state index contributed by atoms with van der Waals surface area (Å²) in [5.74, 6) is -0.144. The second kappa shape index (κ2) is 12.6. The van der Waals surface area contributed by atoms with Crippen molar-refractivity contribution in [2.45, 2.75) is 36.4 Å². The van der Waals surface area contributed by atoms with Crippen molar-refractivity contribution in [1.82, 2.24) is 14.9 Å². The smallest absolute Gasteiger partial charge is 0.251 e. The summed E-state index contributed by atoms with van der Waals surface area (Å²) in [6.45, 7) is 0.946. The van der Waals surface area contributed by atoms with Gasteiger partial charge in [0.15, 0.2) is 0 Å². The van der Waals surface area contributed by atoms with Gasteiger partial charge in [0.05, 0.1) is 21.0 Å². The maximum absolute atomic E-state index is 14.5. The minimum Gasteiger partial charge on any atom is -0.332 e. The number of rotatable bonds is 9. The van der Waals surface area contributed by atoms with E-state index in [0.29, 0.717) is 40.8 Å². The van der Waals surface area contributed by atoms with E-state index in [2.05, 4.69) is 10.0 Å². The molecule has 6 rings (SSSR count). The van der Waals surface area contributed by atoms with Gasteiger partial charge in [-0.2, -0.15) is 0 Å². The molecule has 0 bridgehead atoms. The van der Waals surface area contributed by atoms with E-state index in [1.165, 1.54) is 0 Å². The molecular weight excluding hydrogens is 601 g/mol.